The van der Waals surface area contributed by atoms with E-state index in [2.05, 4.69) is 30.6 Å². The zero-order valence-electron chi connectivity index (χ0n) is 9.18. The molecule has 2 heterocycles. The Hall–Kier alpha value is -1.95. The van der Waals surface area contributed by atoms with Gasteiger partial charge in [-0.05, 0) is 23.7 Å². The topological polar surface area (TPSA) is 75.6 Å². The van der Waals surface area contributed by atoms with Crippen LogP contribution in [-0.2, 0) is 6.54 Å². The number of nitrogens with zero attached hydrogens (tertiary/aromatic N) is 4. The molecule has 2 rings (SSSR count). The molecule has 0 saturated heterocycles. The number of aromatic nitrogens is 4. The summed E-state index contributed by atoms with van der Waals surface area (Å²) in [5, 5.41) is 5.98. The van der Waals surface area contributed by atoms with E-state index in [-0.39, 0.29) is 5.28 Å². The highest BCUT2D eigenvalue weighted by molar-refractivity contribution is 6.28. The van der Waals surface area contributed by atoms with Gasteiger partial charge in [-0.1, -0.05) is 6.07 Å². The van der Waals surface area contributed by atoms with Gasteiger partial charge in [0.05, 0.1) is 12.2 Å². The minimum absolute atomic E-state index is 0.146. The van der Waals surface area contributed by atoms with Crippen LogP contribution in [0.15, 0.2) is 24.4 Å². The normalized spacial score (nSPS) is 10.0. The molecule has 0 saturated carbocycles. The minimum atomic E-state index is 0.146. The predicted octanol–water partition coefficient (Wildman–Crippen LogP) is 1.57. The molecular formula is C10H11ClN6. The molecule has 0 aromatic carbocycles. The van der Waals surface area contributed by atoms with Gasteiger partial charge < -0.3 is 10.6 Å². The van der Waals surface area contributed by atoms with Gasteiger partial charge in [0.2, 0.25) is 17.2 Å². The van der Waals surface area contributed by atoms with Crippen LogP contribution in [0.4, 0.5) is 11.9 Å². The fourth-order valence-electron chi connectivity index (χ4n) is 1.21. The van der Waals surface area contributed by atoms with E-state index < -0.39 is 0 Å². The summed E-state index contributed by atoms with van der Waals surface area (Å²) in [6.07, 6.45) is 1.73. The van der Waals surface area contributed by atoms with E-state index in [1.54, 1.807) is 13.2 Å². The molecule has 0 aliphatic heterocycles. The van der Waals surface area contributed by atoms with Gasteiger partial charge in [0, 0.05) is 13.2 Å². The third-order valence-electron chi connectivity index (χ3n) is 1.99. The summed E-state index contributed by atoms with van der Waals surface area (Å²) in [6.45, 7) is 0.532. The smallest absolute Gasteiger partial charge is 0.229 e. The first kappa shape index (κ1) is 11.5. The molecule has 88 valence electrons. The van der Waals surface area contributed by atoms with Crippen molar-refractivity contribution in [3.8, 4) is 0 Å². The van der Waals surface area contributed by atoms with E-state index >= 15 is 0 Å². The fourth-order valence-corrected chi connectivity index (χ4v) is 1.37. The van der Waals surface area contributed by atoms with Crippen molar-refractivity contribution in [3.63, 3.8) is 0 Å². The summed E-state index contributed by atoms with van der Waals surface area (Å²) in [6, 6.07) is 5.70. The van der Waals surface area contributed by atoms with Crippen molar-refractivity contribution in [1.29, 1.82) is 0 Å². The Balaban J connectivity index is 2.06. The number of hydrogen-bond donors (Lipinski definition) is 2. The van der Waals surface area contributed by atoms with Crippen LogP contribution in [-0.4, -0.2) is 27.0 Å². The van der Waals surface area contributed by atoms with E-state index in [4.69, 9.17) is 11.6 Å². The Morgan fingerprint density at radius 1 is 1.18 bits per heavy atom. The Morgan fingerprint density at radius 3 is 2.71 bits per heavy atom. The second kappa shape index (κ2) is 5.40. The molecule has 17 heavy (non-hydrogen) atoms. The summed E-state index contributed by atoms with van der Waals surface area (Å²) in [5.41, 5.74) is 0.898. The van der Waals surface area contributed by atoms with Gasteiger partial charge in [-0.15, -0.1) is 0 Å². The van der Waals surface area contributed by atoms with E-state index in [9.17, 15) is 0 Å². The number of hydrogen-bond acceptors (Lipinski definition) is 6. The maximum atomic E-state index is 5.75. The van der Waals surface area contributed by atoms with Crippen LogP contribution in [0.25, 0.3) is 0 Å². The Kier molecular flexibility index (Phi) is 3.66. The summed E-state index contributed by atoms with van der Waals surface area (Å²) in [4.78, 5) is 16.1. The molecule has 0 aliphatic carbocycles. The molecule has 6 nitrogen and oxygen atoms in total. The van der Waals surface area contributed by atoms with Crippen LogP contribution >= 0.6 is 11.6 Å². The monoisotopic (exact) mass is 250 g/mol. The van der Waals surface area contributed by atoms with Crippen molar-refractivity contribution in [1.82, 2.24) is 19.9 Å². The Bertz CT molecular complexity index is 489. The molecule has 0 radical (unpaired) electrons. The summed E-state index contributed by atoms with van der Waals surface area (Å²) in [7, 11) is 1.72. The lowest BCUT2D eigenvalue weighted by atomic mass is 10.3. The summed E-state index contributed by atoms with van der Waals surface area (Å²) >= 11 is 5.75. The molecule has 0 atom stereocenters. The summed E-state index contributed by atoms with van der Waals surface area (Å²) in [5.74, 6) is 0.841. The molecule has 0 amide bonds. The van der Waals surface area contributed by atoms with Crippen molar-refractivity contribution in [2.75, 3.05) is 17.7 Å². The molecule has 2 aromatic rings. The van der Waals surface area contributed by atoms with Gasteiger partial charge in [0.25, 0.3) is 0 Å². The molecule has 0 fully saturated rings. The maximum Gasteiger partial charge on any atom is 0.229 e. The van der Waals surface area contributed by atoms with Crippen molar-refractivity contribution in [2.45, 2.75) is 6.54 Å². The SMILES string of the molecule is CNc1nc(Cl)nc(NCc2ccccn2)n1. The van der Waals surface area contributed by atoms with Crippen LogP contribution in [0.5, 0.6) is 0 Å². The number of pyridine rings is 1. The van der Waals surface area contributed by atoms with E-state index in [1.165, 1.54) is 0 Å². The molecule has 0 aliphatic rings. The van der Waals surface area contributed by atoms with Crippen LogP contribution < -0.4 is 10.6 Å². The average Bonchev–Trinajstić information content (AvgIpc) is 2.37. The van der Waals surface area contributed by atoms with Crippen LogP contribution in [0.1, 0.15) is 5.69 Å². The zero-order valence-corrected chi connectivity index (χ0v) is 9.94. The number of nitrogens with one attached hydrogen (secondary N) is 2. The van der Waals surface area contributed by atoms with Crippen molar-refractivity contribution >= 4 is 23.5 Å². The lowest BCUT2D eigenvalue weighted by Crippen LogP contribution is -2.07. The van der Waals surface area contributed by atoms with Gasteiger partial charge >= 0.3 is 0 Å². The molecule has 0 bridgehead atoms. The average molecular weight is 251 g/mol. The first-order valence-electron chi connectivity index (χ1n) is 5.01. The zero-order chi connectivity index (χ0) is 12.1. The largest absolute Gasteiger partial charge is 0.357 e. The van der Waals surface area contributed by atoms with E-state index in [0.717, 1.165) is 5.69 Å². The number of rotatable bonds is 4. The van der Waals surface area contributed by atoms with Crippen LogP contribution in [0.2, 0.25) is 5.28 Å². The molecular weight excluding hydrogens is 240 g/mol. The predicted molar refractivity (Wildman–Crippen MR) is 65.9 cm³/mol. The van der Waals surface area contributed by atoms with Gasteiger partial charge in [0.1, 0.15) is 0 Å². The summed E-state index contributed by atoms with van der Waals surface area (Å²) < 4.78 is 0. The molecule has 0 unspecified atom stereocenters. The van der Waals surface area contributed by atoms with Crippen LogP contribution in [0, 0.1) is 0 Å². The van der Waals surface area contributed by atoms with E-state index in [1.807, 2.05) is 18.2 Å². The molecule has 2 N–H and O–H groups in total. The second-order valence-corrected chi connectivity index (χ2v) is 3.51. The molecule has 7 heteroatoms. The van der Waals surface area contributed by atoms with Gasteiger partial charge in [-0.25, -0.2) is 0 Å². The maximum absolute atomic E-state index is 5.75. The Labute approximate surface area is 103 Å². The van der Waals surface area contributed by atoms with Crippen LogP contribution in [0.3, 0.4) is 0 Å². The fraction of sp³-hybridized carbons (Fsp3) is 0.200. The third-order valence-corrected chi connectivity index (χ3v) is 2.15. The number of anilines is 2. The lowest BCUT2D eigenvalue weighted by molar-refractivity contribution is 0.975. The van der Waals surface area contributed by atoms with Gasteiger partial charge in [-0.2, -0.15) is 15.0 Å². The van der Waals surface area contributed by atoms with Gasteiger partial charge in [0.15, 0.2) is 0 Å². The van der Waals surface area contributed by atoms with Crippen molar-refractivity contribution in [3.05, 3.63) is 35.4 Å². The third kappa shape index (κ3) is 3.25. The van der Waals surface area contributed by atoms with E-state index in [0.29, 0.717) is 18.4 Å². The lowest BCUT2D eigenvalue weighted by Gasteiger charge is -2.05. The van der Waals surface area contributed by atoms with Crippen molar-refractivity contribution < 1.29 is 0 Å². The quantitative estimate of drug-likeness (QED) is 0.858. The Morgan fingerprint density at radius 2 is 2.00 bits per heavy atom. The van der Waals surface area contributed by atoms with Crippen molar-refractivity contribution in [2.24, 2.45) is 0 Å². The second-order valence-electron chi connectivity index (χ2n) is 3.18. The molecule has 2 aromatic heterocycles. The highest BCUT2D eigenvalue weighted by Crippen LogP contribution is 2.09. The first-order chi connectivity index (χ1) is 8.28. The minimum Gasteiger partial charge on any atom is -0.357 e. The standard InChI is InChI=1S/C10H11ClN6/c1-12-9-15-8(11)16-10(17-9)14-6-7-4-2-3-5-13-7/h2-5H,6H2,1H3,(H2,12,14,15,16,17). The van der Waals surface area contributed by atoms with Gasteiger partial charge in [-0.3, -0.25) is 4.98 Å². The molecule has 0 spiro atoms. The highest BCUT2D eigenvalue weighted by atomic mass is 35.5. The highest BCUT2D eigenvalue weighted by Gasteiger charge is 2.03. The first-order valence-corrected chi connectivity index (χ1v) is 5.39. The number of halogens is 1.